The smallest absolute Gasteiger partial charge is 0.335 e. The lowest BCUT2D eigenvalue weighted by molar-refractivity contribution is 0.0697. The molecule has 2 aromatic heterocycles. The van der Waals surface area contributed by atoms with E-state index >= 15 is 0 Å². The molecule has 0 saturated carbocycles. The van der Waals surface area contributed by atoms with Crippen LogP contribution in [0, 0.1) is 0 Å². The Hall–Kier alpha value is -1.84. The number of aromatic carboxylic acids is 1. The van der Waals surface area contributed by atoms with Crippen molar-refractivity contribution < 1.29 is 11.3 Å². The maximum absolute atomic E-state index is 10.6. The van der Waals surface area contributed by atoms with E-state index < -0.39 is 5.97 Å². The predicted molar refractivity (Wildman–Crippen MR) is 42.2 cm³/mol. The van der Waals surface area contributed by atoms with Crippen molar-refractivity contribution in [1.29, 1.82) is 0 Å². The molecule has 0 bridgehead atoms. The fourth-order valence-corrected chi connectivity index (χ4v) is 0.987. The van der Waals surface area contributed by atoms with Crippen LogP contribution in [0.3, 0.4) is 0 Å². The molecule has 12 heavy (non-hydrogen) atoms. The number of nitrogens with zero attached hydrogens (tertiary/aromatic N) is 2. The largest absolute Gasteiger partial charge is 0.478 e. The number of aromatic nitrogens is 2. The standard InChI is InChI=1S/C8H6N2O2/c11-8(12)6-1-3-10-4-2-9-7(10)5-6/h1-5H,(H,11,12)/i4D. The van der Waals surface area contributed by atoms with Crippen molar-refractivity contribution in [3.63, 3.8) is 0 Å². The van der Waals surface area contributed by atoms with Crippen LogP contribution >= 0.6 is 0 Å². The summed E-state index contributed by atoms with van der Waals surface area (Å²) in [6.45, 7) is 0. The Morgan fingerprint density at radius 1 is 1.75 bits per heavy atom. The molecule has 2 heterocycles. The van der Waals surface area contributed by atoms with E-state index in [9.17, 15) is 4.79 Å². The van der Waals surface area contributed by atoms with E-state index in [-0.39, 0.29) is 11.7 Å². The summed E-state index contributed by atoms with van der Waals surface area (Å²) >= 11 is 0. The van der Waals surface area contributed by atoms with Crippen molar-refractivity contribution in [3.05, 3.63) is 36.3 Å². The van der Waals surface area contributed by atoms with Gasteiger partial charge in [-0.1, -0.05) is 0 Å². The molecule has 0 aliphatic heterocycles. The van der Waals surface area contributed by atoms with Crippen LogP contribution in [-0.4, -0.2) is 20.5 Å². The highest BCUT2D eigenvalue weighted by Gasteiger charge is 2.02. The van der Waals surface area contributed by atoms with Crippen molar-refractivity contribution in [1.82, 2.24) is 9.38 Å². The number of pyridine rings is 1. The van der Waals surface area contributed by atoms with E-state index in [1.165, 1.54) is 28.9 Å². The van der Waals surface area contributed by atoms with E-state index in [2.05, 4.69) is 4.98 Å². The Kier molecular flexibility index (Phi) is 1.12. The second-order valence-corrected chi connectivity index (χ2v) is 2.34. The molecule has 0 fully saturated rings. The van der Waals surface area contributed by atoms with Crippen LogP contribution in [-0.2, 0) is 0 Å². The van der Waals surface area contributed by atoms with Gasteiger partial charge in [-0.05, 0) is 12.1 Å². The molecular weight excluding hydrogens is 156 g/mol. The van der Waals surface area contributed by atoms with Crippen molar-refractivity contribution >= 4 is 11.6 Å². The van der Waals surface area contributed by atoms with Gasteiger partial charge in [0.1, 0.15) is 5.65 Å². The van der Waals surface area contributed by atoms with Gasteiger partial charge in [-0.25, -0.2) is 9.78 Å². The monoisotopic (exact) mass is 163 g/mol. The maximum atomic E-state index is 10.6. The van der Waals surface area contributed by atoms with Crippen LogP contribution in [0.2, 0.25) is 0 Å². The Morgan fingerprint density at radius 3 is 3.33 bits per heavy atom. The lowest BCUT2D eigenvalue weighted by atomic mass is 10.3. The Balaban J connectivity index is 2.70. The third kappa shape index (κ3) is 0.934. The van der Waals surface area contributed by atoms with Crippen LogP contribution in [0.25, 0.3) is 5.65 Å². The molecule has 2 rings (SSSR count). The first kappa shape index (κ1) is 5.77. The highest BCUT2D eigenvalue weighted by atomic mass is 16.4. The zero-order valence-electron chi connectivity index (χ0n) is 7.06. The van der Waals surface area contributed by atoms with Gasteiger partial charge in [-0.15, -0.1) is 0 Å². The SMILES string of the molecule is [2H]c1cnc2cc(C(=O)O)ccn12. The van der Waals surface area contributed by atoms with Crippen molar-refractivity contribution in [2.75, 3.05) is 0 Å². The molecule has 0 spiro atoms. The first-order valence-corrected chi connectivity index (χ1v) is 3.35. The summed E-state index contributed by atoms with van der Waals surface area (Å²) in [5.41, 5.74) is 0.656. The predicted octanol–water partition coefficient (Wildman–Crippen LogP) is 1.03. The number of hydrogen-bond donors (Lipinski definition) is 1. The Morgan fingerprint density at radius 2 is 2.58 bits per heavy atom. The summed E-state index contributed by atoms with van der Waals surface area (Å²) in [6.07, 6.45) is 3.14. The van der Waals surface area contributed by atoms with Gasteiger partial charge in [0.25, 0.3) is 0 Å². The average Bonchev–Trinajstić information content (AvgIpc) is 2.47. The number of imidazole rings is 1. The van der Waals surface area contributed by atoms with E-state index in [0.717, 1.165) is 0 Å². The van der Waals surface area contributed by atoms with Crippen LogP contribution in [0.4, 0.5) is 0 Å². The highest BCUT2D eigenvalue weighted by Crippen LogP contribution is 2.04. The van der Waals surface area contributed by atoms with Crippen LogP contribution < -0.4 is 0 Å². The molecule has 2 aromatic rings. The molecule has 0 aliphatic rings. The molecule has 0 unspecified atom stereocenters. The third-order valence-electron chi connectivity index (χ3n) is 1.58. The van der Waals surface area contributed by atoms with Crippen LogP contribution in [0.1, 0.15) is 11.7 Å². The molecule has 60 valence electrons. The quantitative estimate of drug-likeness (QED) is 0.683. The van der Waals surface area contributed by atoms with E-state index in [1.54, 1.807) is 0 Å². The van der Waals surface area contributed by atoms with Gasteiger partial charge in [-0.2, -0.15) is 0 Å². The average molecular weight is 163 g/mol. The van der Waals surface area contributed by atoms with E-state index in [4.69, 9.17) is 6.48 Å². The minimum Gasteiger partial charge on any atom is -0.478 e. The van der Waals surface area contributed by atoms with Gasteiger partial charge >= 0.3 is 5.97 Å². The molecule has 0 saturated heterocycles. The molecular formula is C8H6N2O2. The second-order valence-electron chi connectivity index (χ2n) is 2.34. The highest BCUT2D eigenvalue weighted by molar-refractivity contribution is 5.88. The molecule has 0 atom stereocenters. The second kappa shape index (κ2) is 2.34. The molecule has 4 nitrogen and oxygen atoms in total. The van der Waals surface area contributed by atoms with Crippen molar-refractivity contribution in [2.24, 2.45) is 0 Å². The van der Waals surface area contributed by atoms with Crippen LogP contribution in [0.15, 0.2) is 30.7 Å². The summed E-state index contributed by atoms with van der Waals surface area (Å²) in [5, 5.41) is 8.67. The number of carboxylic acid groups (broad SMARTS) is 1. The molecule has 1 N–H and O–H groups in total. The van der Waals surface area contributed by atoms with Crippen molar-refractivity contribution in [3.8, 4) is 0 Å². The number of hydrogen-bond acceptors (Lipinski definition) is 2. The number of carboxylic acids is 1. The van der Waals surface area contributed by atoms with Gasteiger partial charge < -0.3 is 9.51 Å². The normalized spacial score (nSPS) is 11.5. The van der Waals surface area contributed by atoms with Gasteiger partial charge in [0.2, 0.25) is 0 Å². The number of rotatable bonds is 1. The zero-order chi connectivity index (χ0) is 9.42. The lowest BCUT2D eigenvalue weighted by Crippen LogP contribution is -1.96. The molecule has 0 aromatic carbocycles. The molecule has 0 radical (unpaired) electrons. The van der Waals surface area contributed by atoms with E-state index in [0.29, 0.717) is 5.65 Å². The molecule has 0 aliphatic carbocycles. The van der Waals surface area contributed by atoms with Crippen molar-refractivity contribution in [2.45, 2.75) is 0 Å². The topological polar surface area (TPSA) is 54.6 Å². The summed E-state index contributed by atoms with van der Waals surface area (Å²) < 4.78 is 8.88. The van der Waals surface area contributed by atoms with E-state index in [1.807, 2.05) is 0 Å². The first-order chi connectivity index (χ1) is 6.18. The van der Waals surface area contributed by atoms with Gasteiger partial charge in [0.05, 0.1) is 6.93 Å². The van der Waals surface area contributed by atoms with Gasteiger partial charge in [0.15, 0.2) is 0 Å². The fraction of sp³-hybridized carbons (Fsp3) is 0. The third-order valence-corrected chi connectivity index (χ3v) is 1.58. The summed E-state index contributed by atoms with van der Waals surface area (Å²) in [7, 11) is 0. The minimum atomic E-state index is -0.989. The zero-order valence-corrected chi connectivity index (χ0v) is 6.06. The Bertz CT molecular complexity index is 478. The Labute approximate surface area is 69.5 Å². The summed E-state index contributed by atoms with van der Waals surface area (Å²) in [5.74, 6) is -0.989. The fourth-order valence-electron chi connectivity index (χ4n) is 0.987. The number of fused-ring (bicyclic) bond motifs is 1. The number of carbonyl (C=O) groups is 1. The molecule has 0 amide bonds. The summed E-state index contributed by atoms with van der Waals surface area (Å²) in [6, 6.07) is 2.87. The van der Waals surface area contributed by atoms with Gasteiger partial charge in [-0.3, -0.25) is 0 Å². The minimum absolute atomic E-state index is 0.179. The molecule has 4 heteroatoms. The maximum Gasteiger partial charge on any atom is 0.335 e. The van der Waals surface area contributed by atoms with Gasteiger partial charge in [0, 0.05) is 18.6 Å². The summed E-state index contributed by atoms with van der Waals surface area (Å²) in [4.78, 5) is 14.4. The first-order valence-electron chi connectivity index (χ1n) is 3.85. The lowest BCUT2D eigenvalue weighted by Gasteiger charge is -1.94. The van der Waals surface area contributed by atoms with Crippen LogP contribution in [0.5, 0.6) is 0 Å².